The highest BCUT2D eigenvalue weighted by atomic mass is 16.6. The van der Waals surface area contributed by atoms with E-state index >= 15 is 0 Å². The Labute approximate surface area is 153 Å². The number of nitrogens with zero attached hydrogens (tertiary/aromatic N) is 1. The summed E-state index contributed by atoms with van der Waals surface area (Å²) in [6, 6.07) is 19.4. The van der Waals surface area contributed by atoms with Gasteiger partial charge in [0, 0.05) is 5.39 Å². The lowest BCUT2D eigenvalue weighted by Gasteiger charge is -2.19. The van der Waals surface area contributed by atoms with E-state index in [-0.39, 0.29) is 0 Å². The van der Waals surface area contributed by atoms with Crippen LogP contribution in [0.2, 0.25) is 0 Å². The molecule has 0 atom stereocenters. The standard InChI is InChI=1S/C21H22N2O3/c1-21(2,3)26-20(24)23-18-13-16-11-7-8-12-17(16)19(22-18)25-14-15-9-5-4-6-10-15/h4-13H,14H2,1-3H3,(H,22,23,24). The molecule has 0 fully saturated rings. The lowest BCUT2D eigenvalue weighted by Crippen LogP contribution is -2.27. The van der Waals surface area contributed by atoms with Crippen LogP contribution in [0.5, 0.6) is 5.88 Å². The van der Waals surface area contributed by atoms with Gasteiger partial charge >= 0.3 is 6.09 Å². The van der Waals surface area contributed by atoms with Crippen molar-refractivity contribution < 1.29 is 14.3 Å². The molecule has 1 N–H and O–H groups in total. The summed E-state index contributed by atoms with van der Waals surface area (Å²) in [4.78, 5) is 16.5. The summed E-state index contributed by atoms with van der Waals surface area (Å²) in [5, 5.41) is 4.49. The molecule has 134 valence electrons. The number of fused-ring (bicyclic) bond motifs is 1. The molecule has 2 aromatic carbocycles. The van der Waals surface area contributed by atoms with Gasteiger partial charge in [-0.2, -0.15) is 4.98 Å². The quantitative estimate of drug-likeness (QED) is 0.706. The highest BCUT2D eigenvalue weighted by Gasteiger charge is 2.17. The fourth-order valence-corrected chi connectivity index (χ4v) is 2.47. The summed E-state index contributed by atoms with van der Waals surface area (Å²) in [6.45, 7) is 5.84. The summed E-state index contributed by atoms with van der Waals surface area (Å²) >= 11 is 0. The number of carbonyl (C=O) groups is 1. The van der Waals surface area contributed by atoms with Gasteiger partial charge in [0.05, 0.1) is 0 Å². The number of hydrogen-bond donors (Lipinski definition) is 1. The van der Waals surface area contributed by atoms with Crippen LogP contribution in [0.3, 0.4) is 0 Å². The Morgan fingerprint density at radius 1 is 1.04 bits per heavy atom. The molecular weight excluding hydrogens is 328 g/mol. The molecule has 0 radical (unpaired) electrons. The van der Waals surface area contributed by atoms with Gasteiger partial charge in [-0.15, -0.1) is 0 Å². The molecule has 0 spiro atoms. The van der Waals surface area contributed by atoms with Crippen LogP contribution < -0.4 is 10.1 Å². The Morgan fingerprint density at radius 3 is 2.46 bits per heavy atom. The molecule has 0 aliphatic rings. The third-order valence-electron chi connectivity index (χ3n) is 3.55. The van der Waals surface area contributed by atoms with Gasteiger partial charge in [0.15, 0.2) is 0 Å². The van der Waals surface area contributed by atoms with Crippen molar-refractivity contribution in [2.24, 2.45) is 0 Å². The smallest absolute Gasteiger partial charge is 0.413 e. The number of aromatic nitrogens is 1. The molecular formula is C21H22N2O3. The Balaban J connectivity index is 1.85. The number of pyridine rings is 1. The maximum atomic E-state index is 12.0. The largest absolute Gasteiger partial charge is 0.472 e. The molecule has 0 aliphatic heterocycles. The second-order valence-corrected chi connectivity index (χ2v) is 6.93. The zero-order valence-corrected chi connectivity index (χ0v) is 15.2. The second kappa shape index (κ2) is 7.44. The molecule has 0 saturated heterocycles. The lowest BCUT2D eigenvalue weighted by molar-refractivity contribution is 0.0635. The van der Waals surface area contributed by atoms with E-state index in [1.165, 1.54) is 0 Å². The van der Waals surface area contributed by atoms with E-state index in [1.807, 2.05) is 75.4 Å². The first-order valence-corrected chi connectivity index (χ1v) is 8.47. The number of nitrogens with one attached hydrogen (secondary N) is 1. The van der Waals surface area contributed by atoms with Crippen LogP contribution in [-0.4, -0.2) is 16.7 Å². The van der Waals surface area contributed by atoms with E-state index in [0.717, 1.165) is 16.3 Å². The van der Waals surface area contributed by atoms with Gasteiger partial charge in [-0.25, -0.2) is 4.79 Å². The molecule has 0 aliphatic carbocycles. The number of hydrogen-bond acceptors (Lipinski definition) is 4. The fraction of sp³-hybridized carbons (Fsp3) is 0.238. The first kappa shape index (κ1) is 17.7. The molecule has 0 saturated carbocycles. The number of rotatable bonds is 4. The molecule has 5 nitrogen and oxygen atoms in total. The van der Waals surface area contributed by atoms with E-state index in [2.05, 4.69) is 10.3 Å². The van der Waals surface area contributed by atoms with Crippen molar-refractivity contribution in [1.29, 1.82) is 0 Å². The third kappa shape index (κ3) is 4.72. The van der Waals surface area contributed by atoms with Gasteiger partial charge in [0.1, 0.15) is 18.0 Å². The average molecular weight is 350 g/mol. The van der Waals surface area contributed by atoms with Gasteiger partial charge in [-0.1, -0.05) is 48.5 Å². The second-order valence-electron chi connectivity index (χ2n) is 6.93. The van der Waals surface area contributed by atoms with Crippen molar-refractivity contribution in [3.8, 4) is 5.88 Å². The fourth-order valence-electron chi connectivity index (χ4n) is 2.47. The van der Waals surface area contributed by atoms with E-state index in [1.54, 1.807) is 6.07 Å². The molecule has 1 heterocycles. The van der Waals surface area contributed by atoms with Crippen molar-refractivity contribution >= 4 is 22.7 Å². The van der Waals surface area contributed by atoms with Crippen LogP contribution >= 0.6 is 0 Å². The van der Waals surface area contributed by atoms with Crippen molar-refractivity contribution in [3.63, 3.8) is 0 Å². The highest BCUT2D eigenvalue weighted by molar-refractivity contribution is 5.92. The Bertz CT molecular complexity index is 902. The topological polar surface area (TPSA) is 60.5 Å². The maximum absolute atomic E-state index is 12.0. The van der Waals surface area contributed by atoms with Crippen molar-refractivity contribution in [2.75, 3.05) is 5.32 Å². The van der Waals surface area contributed by atoms with Crippen LogP contribution in [-0.2, 0) is 11.3 Å². The van der Waals surface area contributed by atoms with E-state index in [9.17, 15) is 4.79 Å². The molecule has 0 unspecified atom stereocenters. The third-order valence-corrected chi connectivity index (χ3v) is 3.55. The minimum absolute atomic E-state index is 0.390. The molecule has 3 rings (SSSR count). The monoisotopic (exact) mass is 350 g/mol. The first-order valence-electron chi connectivity index (χ1n) is 8.47. The van der Waals surface area contributed by atoms with Gasteiger partial charge in [-0.3, -0.25) is 5.32 Å². The summed E-state index contributed by atoms with van der Waals surface area (Å²) in [5.74, 6) is 0.860. The van der Waals surface area contributed by atoms with Crippen LogP contribution in [0.4, 0.5) is 10.6 Å². The zero-order chi connectivity index (χ0) is 18.6. The minimum Gasteiger partial charge on any atom is -0.472 e. The molecule has 1 amide bonds. The number of anilines is 1. The minimum atomic E-state index is -0.576. The summed E-state index contributed by atoms with van der Waals surface area (Å²) in [5.41, 5.74) is 0.469. The summed E-state index contributed by atoms with van der Waals surface area (Å²) in [6.07, 6.45) is -0.547. The van der Waals surface area contributed by atoms with Gasteiger partial charge < -0.3 is 9.47 Å². The average Bonchev–Trinajstić information content (AvgIpc) is 2.59. The first-order chi connectivity index (χ1) is 12.4. The van der Waals surface area contributed by atoms with Crippen LogP contribution in [0, 0.1) is 0 Å². The lowest BCUT2D eigenvalue weighted by atomic mass is 10.1. The summed E-state index contributed by atoms with van der Waals surface area (Å²) in [7, 11) is 0. The maximum Gasteiger partial charge on any atom is 0.413 e. The van der Waals surface area contributed by atoms with Crippen LogP contribution in [0.15, 0.2) is 60.7 Å². The molecule has 1 aromatic heterocycles. The number of carbonyl (C=O) groups excluding carboxylic acids is 1. The van der Waals surface area contributed by atoms with Gasteiger partial charge in [0.2, 0.25) is 5.88 Å². The van der Waals surface area contributed by atoms with Gasteiger partial charge in [-0.05, 0) is 43.9 Å². The Kier molecular flexibility index (Phi) is 5.07. The molecule has 0 bridgehead atoms. The van der Waals surface area contributed by atoms with Gasteiger partial charge in [0.25, 0.3) is 0 Å². The van der Waals surface area contributed by atoms with E-state index < -0.39 is 11.7 Å². The normalized spacial score (nSPS) is 11.2. The highest BCUT2D eigenvalue weighted by Crippen LogP contribution is 2.27. The predicted molar refractivity (Wildman–Crippen MR) is 102 cm³/mol. The zero-order valence-electron chi connectivity index (χ0n) is 15.2. The van der Waals surface area contributed by atoms with Crippen molar-refractivity contribution in [1.82, 2.24) is 4.98 Å². The SMILES string of the molecule is CC(C)(C)OC(=O)Nc1cc2ccccc2c(OCc2ccccc2)n1. The van der Waals surface area contributed by atoms with Crippen LogP contribution in [0.1, 0.15) is 26.3 Å². The molecule has 26 heavy (non-hydrogen) atoms. The Hall–Kier alpha value is -3.08. The predicted octanol–water partition coefficient (Wildman–Crippen LogP) is 5.16. The number of amides is 1. The van der Waals surface area contributed by atoms with E-state index in [4.69, 9.17) is 9.47 Å². The van der Waals surface area contributed by atoms with Crippen molar-refractivity contribution in [2.45, 2.75) is 33.0 Å². The van der Waals surface area contributed by atoms with Crippen LogP contribution in [0.25, 0.3) is 10.8 Å². The molecule has 5 heteroatoms. The van der Waals surface area contributed by atoms with Crippen molar-refractivity contribution in [3.05, 3.63) is 66.2 Å². The molecule has 3 aromatic rings. The van der Waals surface area contributed by atoms with E-state index in [0.29, 0.717) is 18.3 Å². The Morgan fingerprint density at radius 2 is 1.73 bits per heavy atom. The number of ether oxygens (including phenoxy) is 2. The number of benzene rings is 2. The summed E-state index contributed by atoms with van der Waals surface area (Å²) < 4.78 is 11.2.